The first-order chi connectivity index (χ1) is 7.04. The lowest BCUT2D eigenvalue weighted by Crippen LogP contribution is -2.00. The van der Waals surface area contributed by atoms with Gasteiger partial charge in [0.05, 0.1) is 7.11 Å². The van der Waals surface area contributed by atoms with E-state index >= 15 is 0 Å². The molecule has 0 aliphatic carbocycles. The molecule has 0 saturated heterocycles. The molecule has 0 radical (unpaired) electrons. The molecule has 0 fully saturated rings. The first-order valence-electron chi connectivity index (χ1n) is 5.40. The molecule has 0 spiro atoms. The predicted octanol–water partition coefficient (Wildman–Crippen LogP) is 3.28. The van der Waals surface area contributed by atoms with Crippen LogP contribution in [0.2, 0.25) is 0 Å². The van der Waals surface area contributed by atoms with E-state index in [1.165, 1.54) is 0 Å². The average molecular weight is 208 g/mol. The average Bonchev–Trinajstić information content (AvgIpc) is 2.24. The molecule has 0 aliphatic heterocycles. The fourth-order valence-electron chi connectivity index (χ4n) is 2.00. The molecule has 0 heterocycles. The summed E-state index contributed by atoms with van der Waals surface area (Å²) in [5.41, 5.74) is 4.06. The molecule has 2 nitrogen and oxygen atoms in total. The smallest absolute Gasteiger partial charge is 0.125 e. The maximum atomic E-state index is 9.96. The first kappa shape index (κ1) is 11.9. The van der Waals surface area contributed by atoms with Crippen molar-refractivity contribution < 1.29 is 9.84 Å². The molecule has 1 N–H and O–H groups in total. The summed E-state index contributed by atoms with van der Waals surface area (Å²) in [6.07, 6.45) is 2.00. The highest BCUT2D eigenvalue weighted by atomic mass is 16.5. The van der Waals surface area contributed by atoms with Gasteiger partial charge in [-0.05, 0) is 43.9 Å². The van der Waals surface area contributed by atoms with Gasteiger partial charge < -0.3 is 9.84 Å². The van der Waals surface area contributed by atoms with Crippen molar-refractivity contribution in [2.24, 2.45) is 0 Å². The largest absolute Gasteiger partial charge is 0.507 e. The molecule has 0 amide bonds. The van der Waals surface area contributed by atoms with Gasteiger partial charge in [-0.2, -0.15) is 0 Å². The lowest BCUT2D eigenvalue weighted by molar-refractivity contribution is 0.400. The number of phenolic OH excluding ortho intramolecular Hbond substituents is 1. The minimum absolute atomic E-state index is 0.414. The molecule has 0 aliphatic rings. The third-order valence-corrected chi connectivity index (χ3v) is 3.04. The van der Waals surface area contributed by atoms with E-state index in [1.54, 1.807) is 7.11 Å². The summed E-state index contributed by atoms with van der Waals surface area (Å²) in [4.78, 5) is 0. The van der Waals surface area contributed by atoms with Crippen molar-refractivity contribution in [1.82, 2.24) is 0 Å². The van der Waals surface area contributed by atoms with Gasteiger partial charge in [0, 0.05) is 5.56 Å². The van der Waals surface area contributed by atoms with E-state index in [9.17, 15) is 5.11 Å². The molecule has 0 unspecified atom stereocenters. The number of rotatable bonds is 3. The summed E-state index contributed by atoms with van der Waals surface area (Å²) in [7, 11) is 1.69. The van der Waals surface area contributed by atoms with E-state index in [0.717, 1.165) is 40.8 Å². The maximum absolute atomic E-state index is 9.96. The van der Waals surface area contributed by atoms with Crippen LogP contribution < -0.4 is 4.74 Å². The molecular formula is C13H20O2. The van der Waals surface area contributed by atoms with Crippen molar-refractivity contribution >= 4 is 0 Å². The van der Waals surface area contributed by atoms with E-state index < -0.39 is 0 Å². The van der Waals surface area contributed by atoms with Gasteiger partial charge in [-0.15, -0.1) is 0 Å². The third kappa shape index (κ3) is 1.94. The second-order valence-electron chi connectivity index (χ2n) is 3.99. The second kappa shape index (κ2) is 4.56. The van der Waals surface area contributed by atoms with Crippen molar-refractivity contribution in [3.05, 3.63) is 22.3 Å². The predicted molar refractivity (Wildman–Crippen MR) is 62.9 cm³/mol. The van der Waals surface area contributed by atoms with Crippen LogP contribution in [0.3, 0.4) is 0 Å². The molecular weight excluding hydrogens is 188 g/mol. The molecule has 0 aromatic heterocycles. The van der Waals surface area contributed by atoms with Gasteiger partial charge in [0.2, 0.25) is 0 Å². The highest BCUT2D eigenvalue weighted by Gasteiger charge is 2.16. The summed E-state index contributed by atoms with van der Waals surface area (Å²) in [6.45, 7) is 8.00. The summed E-state index contributed by atoms with van der Waals surface area (Å²) in [5.74, 6) is 1.35. The Labute approximate surface area is 91.9 Å². The number of methoxy groups -OCH3 is 1. The highest BCUT2D eigenvalue weighted by Crippen LogP contribution is 2.37. The Bertz CT molecular complexity index is 368. The van der Waals surface area contributed by atoms with Crippen LogP contribution in [0.15, 0.2) is 0 Å². The first-order valence-corrected chi connectivity index (χ1v) is 5.40. The van der Waals surface area contributed by atoms with Gasteiger partial charge in [0.1, 0.15) is 11.5 Å². The Kier molecular flexibility index (Phi) is 3.61. The third-order valence-electron chi connectivity index (χ3n) is 3.04. The Hall–Kier alpha value is -1.18. The number of ether oxygens (including phenoxy) is 1. The van der Waals surface area contributed by atoms with Crippen LogP contribution in [0.5, 0.6) is 11.5 Å². The standard InChI is InChI=1S/C13H20O2/c1-6-7-11-10(4)12(14)8(2)9(3)13(11)15-5/h14H,6-7H2,1-5H3. The van der Waals surface area contributed by atoms with Gasteiger partial charge in [-0.1, -0.05) is 13.3 Å². The minimum Gasteiger partial charge on any atom is -0.507 e. The second-order valence-corrected chi connectivity index (χ2v) is 3.99. The van der Waals surface area contributed by atoms with Crippen molar-refractivity contribution in [2.45, 2.75) is 40.5 Å². The van der Waals surface area contributed by atoms with Crippen LogP contribution in [0, 0.1) is 20.8 Å². The van der Waals surface area contributed by atoms with Gasteiger partial charge in [0.15, 0.2) is 0 Å². The van der Waals surface area contributed by atoms with E-state index in [1.807, 2.05) is 20.8 Å². The number of hydrogen-bond acceptors (Lipinski definition) is 2. The number of phenols is 1. The Balaban J connectivity index is 3.47. The number of aromatic hydroxyl groups is 1. The van der Waals surface area contributed by atoms with E-state index in [4.69, 9.17) is 4.74 Å². The topological polar surface area (TPSA) is 29.5 Å². The molecule has 1 rings (SSSR count). The van der Waals surface area contributed by atoms with E-state index in [-0.39, 0.29) is 0 Å². The zero-order valence-corrected chi connectivity index (χ0v) is 10.3. The molecule has 84 valence electrons. The molecule has 0 bridgehead atoms. The number of benzene rings is 1. The van der Waals surface area contributed by atoms with Crippen LogP contribution in [-0.4, -0.2) is 12.2 Å². The van der Waals surface area contributed by atoms with Gasteiger partial charge in [0.25, 0.3) is 0 Å². The molecule has 2 heteroatoms. The van der Waals surface area contributed by atoms with E-state index in [0.29, 0.717) is 5.75 Å². The fraction of sp³-hybridized carbons (Fsp3) is 0.538. The summed E-state index contributed by atoms with van der Waals surface area (Å²) < 4.78 is 5.43. The Morgan fingerprint density at radius 3 is 2.13 bits per heavy atom. The van der Waals surface area contributed by atoms with Crippen molar-refractivity contribution in [2.75, 3.05) is 7.11 Å². The van der Waals surface area contributed by atoms with Gasteiger partial charge >= 0.3 is 0 Å². The highest BCUT2D eigenvalue weighted by molar-refractivity contribution is 5.57. The van der Waals surface area contributed by atoms with Crippen LogP contribution in [-0.2, 0) is 6.42 Å². The van der Waals surface area contributed by atoms with Gasteiger partial charge in [-0.3, -0.25) is 0 Å². The van der Waals surface area contributed by atoms with Crippen LogP contribution >= 0.6 is 0 Å². The lowest BCUT2D eigenvalue weighted by atomic mass is 9.95. The summed E-state index contributed by atoms with van der Waals surface area (Å²) in [6, 6.07) is 0. The van der Waals surface area contributed by atoms with Crippen molar-refractivity contribution in [3.8, 4) is 11.5 Å². The quantitative estimate of drug-likeness (QED) is 0.826. The summed E-state index contributed by atoms with van der Waals surface area (Å²) in [5, 5.41) is 9.96. The zero-order valence-electron chi connectivity index (χ0n) is 10.3. The zero-order chi connectivity index (χ0) is 11.6. The maximum Gasteiger partial charge on any atom is 0.125 e. The molecule has 1 aromatic carbocycles. The van der Waals surface area contributed by atoms with Crippen LogP contribution in [0.4, 0.5) is 0 Å². The monoisotopic (exact) mass is 208 g/mol. The molecule has 0 saturated carbocycles. The lowest BCUT2D eigenvalue weighted by Gasteiger charge is -2.18. The minimum atomic E-state index is 0.414. The fourth-order valence-corrected chi connectivity index (χ4v) is 2.00. The normalized spacial score (nSPS) is 10.5. The molecule has 1 aromatic rings. The number of hydrogen-bond donors (Lipinski definition) is 1. The molecule has 15 heavy (non-hydrogen) atoms. The van der Waals surface area contributed by atoms with Crippen LogP contribution in [0.1, 0.15) is 35.6 Å². The summed E-state index contributed by atoms with van der Waals surface area (Å²) >= 11 is 0. The van der Waals surface area contributed by atoms with Crippen molar-refractivity contribution in [1.29, 1.82) is 0 Å². The molecule has 0 atom stereocenters. The Morgan fingerprint density at radius 2 is 1.67 bits per heavy atom. The SMILES string of the molecule is CCCc1c(C)c(O)c(C)c(C)c1OC. The van der Waals surface area contributed by atoms with Crippen molar-refractivity contribution in [3.63, 3.8) is 0 Å². The van der Waals surface area contributed by atoms with Gasteiger partial charge in [-0.25, -0.2) is 0 Å². The van der Waals surface area contributed by atoms with E-state index in [2.05, 4.69) is 6.92 Å². The Morgan fingerprint density at radius 1 is 1.07 bits per heavy atom. The van der Waals surface area contributed by atoms with Crippen LogP contribution in [0.25, 0.3) is 0 Å².